The average molecular weight is 1320 g/mol. The van der Waals surface area contributed by atoms with E-state index in [1.165, 1.54) is 33.4 Å². The molecule has 13 rings (SSSR count). The van der Waals surface area contributed by atoms with Crippen molar-refractivity contribution in [2.24, 2.45) is 5.41 Å². The Morgan fingerprint density at radius 1 is 0.529 bits per heavy atom. The van der Waals surface area contributed by atoms with Gasteiger partial charge in [-0.25, -0.2) is 4.98 Å². The van der Waals surface area contributed by atoms with E-state index in [0.29, 0.717) is 22.9 Å². The molecule has 11 aromatic rings. The zero-order valence-electron chi connectivity index (χ0n) is 54.6. The van der Waals surface area contributed by atoms with Crippen molar-refractivity contribution in [3.05, 3.63) is 247 Å². The van der Waals surface area contributed by atoms with Crippen molar-refractivity contribution >= 4 is 44.6 Å². The number of aromatic nitrogens is 2. The topological polar surface area (TPSA) is 33.5 Å². The van der Waals surface area contributed by atoms with Crippen LogP contribution in [0.3, 0.4) is 0 Å². The molecule has 0 atom stereocenters. The zero-order chi connectivity index (χ0) is 61.9. The van der Waals surface area contributed by atoms with Crippen LogP contribution in [0.1, 0.15) is 133 Å². The number of benzene rings is 9. The Balaban J connectivity index is 0.00000769. The van der Waals surface area contributed by atoms with E-state index >= 15 is 0 Å². The molecule has 5 nitrogen and oxygen atoms in total. The fraction of sp³-hybridized carbons (Fsp3) is 0.259. The summed E-state index contributed by atoms with van der Waals surface area (Å²) in [5, 5.41) is 2.04. The van der Waals surface area contributed by atoms with E-state index in [-0.39, 0.29) is 42.7 Å². The summed E-state index contributed by atoms with van der Waals surface area (Å²) >= 11 is 0. The first-order valence-electron chi connectivity index (χ1n) is 31.6. The van der Waals surface area contributed by atoms with Crippen molar-refractivity contribution in [1.29, 1.82) is 0 Å². The van der Waals surface area contributed by atoms with Crippen LogP contribution in [0.2, 0.25) is 0 Å². The van der Waals surface area contributed by atoms with Crippen molar-refractivity contribution in [2.75, 3.05) is 9.80 Å². The van der Waals surface area contributed by atoms with Crippen molar-refractivity contribution in [2.45, 2.75) is 131 Å². The SMILES string of the molecule is [2H]C([2H])(c1cc(-n2c3[c-]c(Oc4[c-]c(N5[CH-]N(c6c(-c7ccccc7)cccc6-c6cc(-c7ccccc7)cc(C(C)(C)C)c6)c6ccccc65)ccc4)ccc3c3ccc(C(C)(C)C)cc32)ncc1-c1cccc2c1C(C)(C)CCC2(C)C)C(C)(C)C.[Pt]. The Morgan fingerprint density at radius 3 is 1.83 bits per heavy atom. The minimum absolute atomic E-state index is 0. The van der Waals surface area contributed by atoms with Gasteiger partial charge in [-0.2, -0.15) is 12.1 Å². The largest absolute Gasteiger partial charge is 0.509 e. The van der Waals surface area contributed by atoms with Gasteiger partial charge in [0.1, 0.15) is 5.82 Å². The summed E-state index contributed by atoms with van der Waals surface area (Å²) in [7, 11) is 0. The monoisotopic (exact) mass is 1320 g/mol. The van der Waals surface area contributed by atoms with Gasteiger partial charge in [0.2, 0.25) is 0 Å². The minimum Gasteiger partial charge on any atom is -0.509 e. The van der Waals surface area contributed by atoms with Gasteiger partial charge in [-0.3, -0.25) is 0 Å². The summed E-state index contributed by atoms with van der Waals surface area (Å²) < 4.78 is 29.2. The van der Waals surface area contributed by atoms with Crippen LogP contribution in [0.25, 0.3) is 72.1 Å². The van der Waals surface area contributed by atoms with Crippen LogP contribution in [0, 0.1) is 24.2 Å². The summed E-state index contributed by atoms with van der Waals surface area (Å²) in [5.41, 5.74) is 19.0. The third kappa shape index (κ3) is 11.3. The third-order valence-corrected chi connectivity index (χ3v) is 17.7. The van der Waals surface area contributed by atoms with Gasteiger partial charge in [0.15, 0.2) is 0 Å². The number of ether oxygens (including phenoxy) is 1. The van der Waals surface area contributed by atoms with Crippen LogP contribution in [0.5, 0.6) is 11.5 Å². The number of nitrogens with zero attached hydrogens (tertiary/aromatic N) is 4. The molecule has 0 unspecified atom stereocenters. The number of rotatable bonds is 10. The van der Waals surface area contributed by atoms with Gasteiger partial charge >= 0.3 is 0 Å². The Labute approximate surface area is 534 Å². The Bertz CT molecular complexity index is 4500. The molecule has 0 saturated carbocycles. The molecule has 3 heterocycles. The zero-order valence-corrected chi connectivity index (χ0v) is 54.8. The van der Waals surface area contributed by atoms with Gasteiger partial charge in [0.25, 0.3) is 0 Å². The quantitative estimate of drug-likeness (QED) is 0.128. The molecule has 0 N–H and O–H groups in total. The van der Waals surface area contributed by atoms with Gasteiger partial charge in [-0.15, -0.1) is 48.1 Å². The van der Waals surface area contributed by atoms with E-state index in [0.717, 1.165) is 90.8 Å². The van der Waals surface area contributed by atoms with Crippen LogP contribution in [0.15, 0.2) is 200 Å². The summed E-state index contributed by atoms with van der Waals surface area (Å²) in [6.45, 7) is 31.1. The predicted octanol–water partition coefficient (Wildman–Crippen LogP) is 22.2. The van der Waals surface area contributed by atoms with E-state index in [2.05, 4.69) is 272 Å². The maximum Gasteiger partial charge on any atom is 0.135 e. The second kappa shape index (κ2) is 22.3. The van der Waals surface area contributed by atoms with E-state index in [4.69, 9.17) is 9.72 Å². The molecule has 0 amide bonds. The molecule has 0 bridgehead atoms. The summed E-state index contributed by atoms with van der Waals surface area (Å²) in [4.78, 5) is 9.94. The van der Waals surface area contributed by atoms with Crippen LogP contribution in [-0.2, 0) is 49.1 Å². The number of anilines is 4. The number of pyridine rings is 1. The van der Waals surface area contributed by atoms with Crippen LogP contribution in [0.4, 0.5) is 22.7 Å². The number of para-hydroxylation sites is 3. The second-order valence-electron chi connectivity index (χ2n) is 28.2. The Morgan fingerprint density at radius 2 is 1.13 bits per heavy atom. The third-order valence-electron chi connectivity index (χ3n) is 17.7. The first-order valence-corrected chi connectivity index (χ1v) is 30.6. The Kier molecular flexibility index (Phi) is 14.6. The van der Waals surface area contributed by atoms with Gasteiger partial charge in [-0.05, 0) is 138 Å². The molecule has 0 saturated heterocycles. The molecule has 1 aliphatic carbocycles. The molecule has 87 heavy (non-hydrogen) atoms. The summed E-state index contributed by atoms with van der Waals surface area (Å²) in [6.07, 6.45) is 2.31. The van der Waals surface area contributed by atoms with Gasteiger partial charge in [-0.1, -0.05) is 229 Å². The van der Waals surface area contributed by atoms with E-state index in [1.807, 2.05) is 51.2 Å². The summed E-state index contributed by atoms with van der Waals surface area (Å²) in [6, 6.07) is 76.7. The summed E-state index contributed by atoms with van der Waals surface area (Å²) in [5.74, 6) is 1.67. The maximum atomic E-state index is 10.1. The fourth-order valence-corrected chi connectivity index (χ4v) is 13.1. The second-order valence-corrected chi connectivity index (χ2v) is 28.2. The van der Waals surface area contributed by atoms with E-state index < -0.39 is 11.8 Å². The molecule has 1 aliphatic heterocycles. The molecular formula is C81H79N4OPt-3. The molecule has 0 fully saturated rings. The molecule has 442 valence electrons. The number of hydrogen-bond acceptors (Lipinski definition) is 4. The van der Waals surface area contributed by atoms with Crippen molar-refractivity contribution in [3.8, 4) is 61.8 Å². The normalized spacial score (nSPS) is 15.2. The molecule has 0 radical (unpaired) electrons. The average Bonchev–Trinajstić information content (AvgIpc) is 1.75. The van der Waals surface area contributed by atoms with Crippen LogP contribution in [-0.4, -0.2) is 9.55 Å². The van der Waals surface area contributed by atoms with E-state index in [9.17, 15) is 2.74 Å². The first kappa shape index (κ1) is 56.8. The van der Waals surface area contributed by atoms with Crippen LogP contribution >= 0.6 is 0 Å². The Hall–Kier alpha value is -7.98. The van der Waals surface area contributed by atoms with E-state index in [1.54, 1.807) is 0 Å². The molecule has 2 aromatic heterocycles. The predicted molar refractivity (Wildman–Crippen MR) is 362 cm³/mol. The first-order chi connectivity index (χ1) is 41.8. The van der Waals surface area contributed by atoms with Gasteiger partial charge < -0.3 is 19.1 Å². The van der Waals surface area contributed by atoms with Gasteiger partial charge in [0.05, 0.1) is 0 Å². The minimum atomic E-state index is -1.76. The van der Waals surface area contributed by atoms with Crippen LogP contribution < -0.4 is 14.5 Å². The molecule has 9 aromatic carbocycles. The standard InChI is InChI=1S/C81H79N4O.Pt/c1-77(2,3)50-57-46-74(82-51-68(57)67-33-24-34-69-75(67)81(12,13)42-41-80(69,10)11)85-72-47-58(78(4,5)6)37-39-65(72)66-40-38-62(49-73(66)85)86-61-30-22-29-60(48-61)83-52-84(71-36-21-20-35-70(71)83)76-63(54-27-18-15-19-28-54)31-23-32-64(76)56-43-55(53-25-16-14-17-26-53)44-59(45-56)79(7,8)9;/h14-40,43-47,51-52H,41-42,50H2,1-13H3;/q-3;/i50D2;. The molecule has 0 spiro atoms. The smallest absolute Gasteiger partial charge is 0.135 e. The number of fused-ring (bicyclic) bond motifs is 5. The number of hydrogen-bond donors (Lipinski definition) is 0. The molecule has 2 aliphatic rings. The fourth-order valence-electron chi connectivity index (χ4n) is 13.1. The van der Waals surface area contributed by atoms with Crippen molar-refractivity contribution in [3.63, 3.8) is 0 Å². The van der Waals surface area contributed by atoms with Crippen molar-refractivity contribution < 1.29 is 28.5 Å². The molecule has 6 heteroatoms. The maximum absolute atomic E-state index is 10.1. The van der Waals surface area contributed by atoms with Gasteiger partial charge in [0, 0.05) is 80.8 Å². The molecular weight excluding hydrogens is 1240 g/mol. The van der Waals surface area contributed by atoms with Crippen molar-refractivity contribution in [1.82, 2.24) is 9.55 Å².